The maximum atomic E-state index is 10.7. The molecule has 0 aliphatic heterocycles. The summed E-state index contributed by atoms with van der Waals surface area (Å²) in [5, 5.41) is 19.2. The molecule has 0 spiro atoms. The van der Waals surface area contributed by atoms with Crippen molar-refractivity contribution >= 4 is 11.9 Å². The summed E-state index contributed by atoms with van der Waals surface area (Å²) in [6.45, 7) is -0.0570. The van der Waals surface area contributed by atoms with Crippen LogP contribution in [0.15, 0.2) is 35.0 Å². The summed E-state index contributed by atoms with van der Waals surface area (Å²) < 4.78 is 10.1. The van der Waals surface area contributed by atoms with Gasteiger partial charge in [0.05, 0.1) is 17.8 Å². The largest absolute Gasteiger partial charge is 0.484 e. The number of nitrogens with zero attached hydrogens (tertiary/aromatic N) is 2. The predicted octanol–water partition coefficient (Wildman–Crippen LogP) is 1.86. The number of furan rings is 1. The van der Waals surface area contributed by atoms with Crippen molar-refractivity contribution in [3.8, 4) is 5.75 Å². The maximum absolute atomic E-state index is 10.7. The molecule has 0 amide bonds. The quantitative estimate of drug-likeness (QED) is 0.647. The van der Waals surface area contributed by atoms with Crippen LogP contribution in [0.2, 0.25) is 0 Å². The lowest BCUT2D eigenvalue weighted by Gasteiger charge is -2.03. The summed E-state index contributed by atoms with van der Waals surface area (Å²) in [6.07, 6.45) is 2.52. The van der Waals surface area contributed by atoms with Gasteiger partial charge in [-0.1, -0.05) is 0 Å². The van der Waals surface area contributed by atoms with Crippen LogP contribution in [-0.2, 0) is 6.61 Å². The van der Waals surface area contributed by atoms with Crippen molar-refractivity contribution in [1.29, 1.82) is 0 Å². The molecule has 2 aromatic heterocycles. The number of ether oxygens (including phenoxy) is 1. The normalized spacial score (nSPS) is 10.1. The Morgan fingerprint density at radius 3 is 2.89 bits per heavy atom. The Morgan fingerprint density at radius 2 is 2.26 bits per heavy atom. The number of aromatic carboxylic acids is 1. The number of carboxylic acid groups (broad SMARTS) is 1. The van der Waals surface area contributed by atoms with E-state index in [1.54, 1.807) is 0 Å². The molecule has 2 aromatic rings. The van der Waals surface area contributed by atoms with E-state index in [4.69, 9.17) is 14.3 Å². The fourth-order valence-electron chi connectivity index (χ4n) is 1.31. The van der Waals surface area contributed by atoms with E-state index >= 15 is 0 Å². The SMILES string of the molecule is O=C(O)c1cncc(OCc2ccc([N+](=O)[O-])o2)c1. The Hall–Kier alpha value is -2.90. The van der Waals surface area contributed by atoms with Crippen molar-refractivity contribution in [3.05, 3.63) is 52.0 Å². The predicted molar refractivity (Wildman–Crippen MR) is 60.9 cm³/mol. The topological polar surface area (TPSA) is 116 Å². The second-order valence-electron chi connectivity index (χ2n) is 3.50. The van der Waals surface area contributed by atoms with Crippen LogP contribution in [0, 0.1) is 10.1 Å². The lowest BCUT2D eigenvalue weighted by molar-refractivity contribution is -0.402. The standard InChI is InChI=1S/C11H8N2O6/c14-11(15)7-3-9(5-12-4-7)18-6-8-1-2-10(19-8)13(16)17/h1-5H,6H2,(H,14,15). The second-order valence-corrected chi connectivity index (χ2v) is 3.50. The maximum Gasteiger partial charge on any atom is 0.433 e. The Labute approximate surface area is 106 Å². The molecular weight excluding hydrogens is 256 g/mol. The highest BCUT2D eigenvalue weighted by molar-refractivity contribution is 5.87. The van der Waals surface area contributed by atoms with Gasteiger partial charge in [0.15, 0.2) is 0 Å². The Bertz CT molecular complexity index is 621. The van der Waals surface area contributed by atoms with Crippen molar-refractivity contribution in [3.63, 3.8) is 0 Å². The molecule has 0 bridgehead atoms. The van der Waals surface area contributed by atoms with Gasteiger partial charge in [0.2, 0.25) is 0 Å². The van der Waals surface area contributed by atoms with Crippen molar-refractivity contribution < 1.29 is 24.0 Å². The van der Waals surface area contributed by atoms with Crippen molar-refractivity contribution in [2.45, 2.75) is 6.61 Å². The summed E-state index contributed by atoms with van der Waals surface area (Å²) in [7, 11) is 0. The van der Waals surface area contributed by atoms with Gasteiger partial charge in [-0.05, 0) is 12.1 Å². The van der Waals surface area contributed by atoms with Gasteiger partial charge in [0, 0.05) is 6.20 Å². The minimum atomic E-state index is -1.12. The molecule has 0 radical (unpaired) electrons. The summed E-state index contributed by atoms with van der Waals surface area (Å²) in [4.78, 5) is 24.2. The highest BCUT2D eigenvalue weighted by Gasteiger charge is 2.12. The average molecular weight is 264 g/mol. The molecule has 0 saturated carbocycles. The Kier molecular flexibility index (Phi) is 3.42. The van der Waals surface area contributed by atoms with E-state index in [0.29, 0.717) is 0 Å². The molecule has 0 fully saturated rings. The van der Waals surface area contributed by atoms with Crippen molar-refractivity contribution in [2.75, 3.05) is 0 Å². The van der Waals surface area contributed by atoms with Crippen LogP contribution in [0.5, 0.6) is 5.75 Å². The number of hydrogen-bond donors (Lipinski definition) is 1. The molecule has 2 rings (SSSR count). The zero-order valence-electron chi connectivity index (χ0n) is 9.48. The zero-order chi connectivity index (χ0) is 13.8. The summed E-state index contributed by atoms with van der Waals surface area (Å²) in [6, 6.07) is 3.92. The van der Waals surface area contributed by atoms with E-state index in [0.717, 1.165) is 0 Å². The number of pyridine rings is 1. The molecular formula is C11H8N2O6. The third-order valence-electron chi connectivity index (χ3n) is 2.17. The van der Waals surface area contributed by atoms with Gasteiger partial charge in [0.1, 0.15) is 23.0 Å². The van der Waals surface area contributed by atoms with Crippen LogP contribution >= 0.6 is 0 Å². The molecule has 8 heteroatoms. The van der Waals surface area contributed by atoms with Gasteiger partial charge < -0.3 is 14.3 Å². The van der Waals surface area contributed by atoms with Crippen LogP contribution in [0.3, 0.4) is 0 Å². The molecule has 0 aliphatic carbocycles. The van der Waals surface area contributed by atoms with E-state index in [9.17, 15) is 14.9 Å². The number of hydrogen-bond acceptors (Lipinski definition) is 6. The zero-order valence-corrected chi connectivity index (χ0v) is 9.48. The van der Waals surface area contributed by atoms with E-state index in [-0.39, 0.29) is 29.6 Å². The highest BCUT2D eigenvalue weighted by atomic mass is 16.6. The first-order chi connectivity index (χ1) is 9.06. The van der Waals surface area contributed by atoms with Gasteiger partial charge in [-0.15, -0.1) is 0 Å². The monoisotopic (exact) mass is 264 g/mol. The van der Waals surface area contributed by atoms with Crippen molar-refractivity contribution in [2.24, 2.45) is 0 Å². The van der Waals surface area contributed by atoms with E-state index < -0.39 is 10.9 Å². The molecule has 0 aliphatic rings. The van der Waals surface area contributed by atoms with E-state index in [1.807, 2.05) is 0 Å². The van der Waals surface area contributed by atoms with Crippen LogP contribution < -0.4 is 4.74 Å². The molecule has 19 heavy (non-hydrogen) atoms. The first-order valence-corrected chi connectivity index (χ1v) is 5.10. The average Bonchev–Trinajstić information content (AvgIpc) is 2.85. The smallest absolute Gasteiger partial charge is 0.433 e. The molecule has 98 valence electrons. The number of rotatable bonds is 5. The summed E-state index contributed by atoms with van der Waals surface area (Å²) in [5.74, 6) is -1.01. The molecule has 0 aromatic carbocycles. The molecule has 2 heterocycles. The highest BCUT2D eigenvalue weighted by Crippen LogP contribution is 2.18. The molecule has 0 saturated heterocycles. The van der Waals surface area contributed by atoms with Gasteiger partial charge in [-0.3, -0.25) is 15.1 Å². The second kappa shape index (κ2) is 5.17. The Balaban J connectivity index is 2.03. The number of carbonyl (C=O) groups is 1. The number of aromatic nitrogens is 1. The van der Waals surface area contributed by atoms with E-state index in [2.05, 4.69) is 4.98 Å². The van der Waals surface area contributed by atoms with Gasteiger partial charge in [-0.2, -0.15) is 0 Å². The molecule has 0 unspecified atom stereocenters. The summed E-state index contributed by atoms with van der Waals surface area (Å²) in [5.41, 5.74) is -0.0112. The molecule has 8 nitrogen and oxygen atoms in total. The fourth-order valence-corrected chi connectivity index (χ4v) is 1.31. The third kappa shape index (κ3) is 3.06. The fraction of sp³-hybridized carbons (Fsp3) is 0.0909. The van der Waals surface area contributed by atoms with Crippen LogP contribution in [0.1, 0.15) is 16.1 Å². The first-order valence-electron chi connectivity index (χ1n) is 5.10. The third-order valence-corrected chi connectivity index (χ3v) is 2.17. The van der Waals surface area contributed by atoms with Gasteiger partial charge >= 0.3 is 11.9 Å². The van der Waals surface area contributed by atoms with Crippen molar-refractivity contribution in [1.82, 2.24) is 4.98 Å². The molecule has 0 atom stereocenters. The first kappa shape index (κ1) is 12.6. The Morgan fingerprint density at radius 1 is 1.47 bits per heavy atom. The molecule has 1 N–H and O–H groups in total. The van der Waals surface area contributed by atoms with Crippen LogP contribution in [0.4, 0.5) is 5.88 Å². The van der Waals surface area contributed by atoms with Gasteiger partial charge in [-0.25, -0.2) is 4.79 Å². The lowest BCUT2D eigenvalue weighted by Crippen LogP contribution is -1.99. The minimum Gasteiger partial charge on any atom is -0.484 e. The van der Waals surface area contributed by atoms with Crippen LogP contribution in [0.25, 0.3) is 0 Å². The lowest BCUT2D eigenvalue weighted by atomic mass is 10.3. The van der Waals surface area contributed by atoms with Gasteiger partial charge in [0.25, 0.3) is 0 Å². The minimum absolute atomic E-state index is 0.0112. The van der Waals surface area contributed by atoms with Crippen LogP contribution in [-0.4, -0.2) is 21.0 Å². The number of nitro groups is 1. The van der Waals surface area contributed by atoms with E-state index in [1.165, 1.54) is 30.6 Å². The summed E-state index contributed by atoms with van der Waals surface area (Å²) >= 11 is 0. The number of carboxylic acids is 1.